The quantitative estimate of drug-likeness (QED) is 0.502. The number of ether oxygens (including phenoxy) is 1. The molecule has 2 atom stereocenters. The molecule has 3 rings (SSSR count). The van der Waals surface area contributed by atoms with E-state index in [1.807, 2.05) is 6.92 Å². The van der Waals surface area contributed by atoms with Crippen molar-refractivity contribution in [2.24, 2.45) is 0 Å². The van der Waals surface area contributed by atoms with Crippen LogP contribution in [-0.2, 0) is 25.7 Å². The number of amides is 2. The van der Waals surface area contributed by atoms with Gasteiger partial charge in [0.25, 0.3) is 11.8 Å². The van der Waals surface area contributed by atoms with Crippen molar-refractivity contribution in [3.8, 4) is 0 Å². The summed E-state index contributed by atoms with van der Waals surface area (Å²) in [4.78, 5) is 49.0. The second-order valence-corrected chi connectivity index (χ2v) is 7.49. The third-order valence-corrected chi connectivity index (χ3v) is 5.84. The number of carbonyl (C=O) groups is 4. The van der Waals surface area contributed by atoms with Gasteiger partial charge in [-0.15, -0.1) is 11.8 Å². The summed E-state index contributed by atoms with van der Waals surface area (Å²) in [5, 5.41) is 15.9. The molecule has 2 aliphatic rings. The van der Waals surface area contributed by atoms with Crippen LogP contribution in [0.4, 0.5) is 0 Å². The number of nitrogens with one attached hydrogen (secondary N) is 1. The first kappa shape index (κ1) is 19.9. The summed E-state index contributed by atoms with van der Waals surface area (Å²) < 4.78 is 6.52. The van der Waals surface area contributed by atoms with Crippen LogP contribution in [0, 0.1) is 6.92 Å². The largest absolute Gasteiger partial charge is 0.477 e. The van der Waals surface area contributed by atoms with E-state index in [2.05, 4.69) is 10.4 Å². The number of thioether (sulfide) groups is 1. The van der Waals surface area contributed by atoms with Gasteiger partial charge in [-0.25, -0.2) is 4.79 Å². The molecule has 2 amide bonds. The highest BCUT2D eigenvalue weighted by molar-refractivity contribution is 8.00. The third kappa shape index (κ3) is 3.49. The minimum Gasteiger partial charge on any atom is -0.477 e. The van der Waals surface area contributed by atoms with E-state index in [0.717, 1.165) is 4.90 Å². The Hall–Kier alpha value is -2.82. The lowest BCUT2D eigenvalue weighted by Gasteiger charge is -2.49. The molecule has 1 aromatic heterocycles. The van der Waals surface area contributed by atoms with Crippen molar-refractivity contribution in [1.29, 1.82) is 0 Å². The summed E-state index contributed by atoms with van der Waals surface area (Å²) in [6.07, 6.45) is 1.61. The number of carboxylic acids is 1. The van der Waals surface area contributed by atoms with Gasteiger partial charge in [-0.2, -0.15) is 5.10 Å². The number of carboxylic acid groups (broad SMARTS) is 1. The minimum absolute atomic E-state index is 0.185. The number of aliphatic carboxylic acids is 1. The fraction of sp³-hybridized carbons (Fsp3) is 0.471. The van der Waals surface area contributed by atoms with E-state index in [9.17, 15) is 24.3 Å². The van der Waals surface area contributed by atoms with Crippen LogP contribution in [-0.4, -0.2) is 67.3 Å². The topological polar surface area (TPSA) is 131 Å². The number of fused-ring (bicyclic) bond motifs is 1. The van der Waals surface area contributed by atoms with Gasteiger partial charge in [0.15, 0.2) is 0 Å². The predicted molar refractivity (Wildman–Crippen MR) is 98.3 cm³/mol. The normalized spacial score (nSPS) is 21.1. The maximum Gasteiger partial charge on any atom is 0.352 e. The molecule has 0 unspecified atom stereocenters. The first-order valence-corrected chi connectivity index (χ1v) is 9.67. The predicted octanol–water partition coefficient (Wildman–Crippen LogP) is 0.127. The van der Waals surface area contributed by atoms with Gasteiger partial charge in [-0.1, -0.05) is 0 Å². The number of nitrogens with zero attached hydrogens (tertiary/aromatic N) is 3. The molecule has 150 valence electrons. The Morgan fingerprint density at radius 3 is 2.71 bits per heavy atom. The van der Waals surface area contributed by atoms with E-state index in [1.165, 1.54) is 18.7 Å². The highest BCUT2D eigenvalue weighted by Crippen LogP contribution is 2.40. The number of hydrogen-bond acceptors (Lipinski definition) is 7. The average molecular weight is 408 g/mol. The Bertz CT molecular complexity index is 892. The van der Waals surface area contributed by atoms with Gasteiger partial charge in [-0.05, 0) is 13.8 Å². The van der Waals surface area contributed by atoms with Crippen LogP contribution in [0.2, 0.25) is 0 Å². The number of carbonyl (C=O) groups excluding carboxylic acids is 3. The molecule has 0 spiro atoms. The van der Waals surface area contributed by atoms with Gasteiger partial charge < -0.3 is 15.2 Å². The summed E-state index contributed by atoms with van der Waals surface area (Å²) in [7, 11) is 0. The van der Waals surface area contributed by atoms with Crippen LogP contribution in [0.5, 0.6) is 0 Å². The molecular weight excluding hydrogens is 388 g/mol. The van der Waals surface area contributed by atoms with Crippen molar-refractivity contribution in [2.45, 2.75) is 38.7 Å². The van der Waals surface area contributed by atoms with Crippen LogP contribution in [0.1, 0.15) is 29.9 Å². The number of aromatic nitrogens is 2. The zero-order valence-electron chi connectivity index (χ0n) is 15.6. The van der Waals surface area contributed by atoms with E-state index in [1.54, 1.807) is 17.8 Å². The molecule has 3 heterocycles. The Morgan fingerprint density at radius 2 is 2.14 bits per heavy atom. The molecule has 0 bridgehead atoms. The molecule has 2 N–H and O–H groups in total. The molecule has 1 aromatic rings. The Labute approximate surface area is 164 Å². The lowest BCUT2D eigenvalue weighted by atomic mass is 10.0. The van der Waals surface area contributed by atoms with Crippen molar-refractivity contribution < 1.29 is 29.0 Å². The summed E-state index contributed by atoms with van der Waals surface area (Å²) in [5.41, 5.74) is 1.09. The number of rotatable bonds is 6. The first-order chi connectivity index (χ1) is 13.2. The molecule has 1 saturated heterocycles. The van der Waals surface area contributed by atoms with Crippen molar-refractivity contribution in [3.63, 3.8) is 0 Å². The van der Waals surface area contributed by atoms with Crippen LogP contribution in [0.3, 0.4) is 0 Å². The highest BCUT2D eigenvalue weighted by atomic mass is 32.2. The molecule has 1 fully saturated rings. The van der Waals surface area contributed by atoms with E-state index >= 15 is 0 Å². The number of hydrogen-bond donors (Lipinski definition) is 2. The van der Waals surface area contributed by atoms with Gasteiger partial charge in [0, 0.05) is 31.0 Å². The molecule has 28 heavy (non-hydrogen) atoms. The van der Waals surface area contributed by atoms with Gasteiger partial charge in [0.1, 0.15) is 23.7 Å². The van der Waals surface area contributed by atoms with Crippen LogP contribution in [0.25, 0.3) is 0 Å². The second kappa shape index (κ2) is 7.66. The summed E-state index contributed by atoms with van der Waals surface area (Å²) in [6.45, 7) is 5.25. The molecule has 2 aliphatic heterocycles. The Morgan fingerprint density at radius 1 is 1.43 bits per heavy atom. The van der Waals surface area contributed by atoms with Gasteiger partial charge in [0.2, 0.25) is 0 Å². The lowest BCUT2D eigenvalue weighted by Crippen LogP contribution is -2.70. The van der Waals surface area contributed by atoms with Gasteiger partial charge in [-0.3, -0.25) is 24.0 Å². The van der Waals surface area contributed by atoms with Crippen molar-refractivity contribution in [3.05, 3.63) is 28.7 Å². The molecule has 11 heteroatoms. The standard InChI is InChI=1S/C17H20N4O6S/c1-4-20-5-11(8(2)19-20)14(23)18-12-15(24)21-13(17(25)26)10(6-27-9(3)22)7-28-16(12)21/h5,12,16H,4,6-7H2,1-3H3,(H,18,23)(H,25,26)/t12-,16+/m0/s1. The molecule has 0 saturated carbocycles. The van der Waals surface area contributed by atoms with Crippen molar-refractivity contribution in [1.82, 2.24) is 20.0 Å². The van der Waals surface area contributed by atoms with Gasteiger partial charge >= 0.3 is 11.9 Å². The smallest absolute Gasteiger partial charge is 0.352 e. The van der Waals surface area contributed by atoms with Crippen LogP contribution < -0.4 is 5.32 Å². The maximum atomic E-state index is 12.6. The second-order valence-electron chi connectivity index (χ2n) is 6.38. The van der Waals surface area contributed by atoms with E-state index < -0.39 is 35.2 Å². The monoisotopic (exact) mass is 408 g/mol. The average Bonchev–Trinajstić information content (AvgIpc) is 3.04. The summed E-state index contributed by atoms with van der Waals surface area (Å²) in [6, 6.07) is -0.827. The van der Waals surface area contributed by atoms with Crippen LogP contribution in [0.15, 0.2) is 17.5 Å². The third-order valence-electron chi connectivity index (χ3n) is 4.50. The van der Waals surface area contributed by atoms with Crippen molar-refractivity contribution in [2.75, 3.05) is 12.4 Å². The number of esters is 1. The van der Waals surface area contributed by atoms with Crippen molar-refractivity contribution >= 4 is 35.5 Å². The zero-order chi connectivity index (χ0) is 20.6. The van der Waals surface area contributed by atoms with Crippen LogP contribution >= 0.6 is 11.8 Å². The SMILES string of the molecule is CCn1cc(C(=O)N[C@H]2C(=O)N3C(C(=O)O)=C(COC(C)=O)CS[C@H]23)c(C)n1. The Balaban J connectivity index is 1.76. The molecule has 10 nitrogen and oxygen atoms in total. The maximum absolute atomic E-state index is 12.6. The fourth-order valence-electron chi connectivity index (χ4n) is 3.10. The molecule has 0 radical (unpaired) electrons. The van der Waals surface area contributed by atoms with E-state index in [-0.39, 0.29) is 18.1 Å². The summed E-state index contributed by atoms with van der Waals surface area (Å²) >= 11 is 1.31. The van der Waals surface area contributed by atoms with E-state index in [4.69, 9.17) is 4.74 Å². The molecular formula is C17H20N4O6S. The first-order valence-electron chi connectivity index (χ1n) is 8.62. The minimum atomic E-state index is -1.27. The van der Waals surface area contributed by atoms with Gasteiger partial charge in [0.05, 0.1) is 11.3 Å². The number of β-lactam (4-membered cyclic amide) rings is 1. The highest BCUT2D eigenvalue weighted by Gasteiger charge is 2.54. The molecule has 0 aromatic carbocycles. The van der Waals surface area contributed by atoms with E-state index in [0.29, 0.717) is 23.4 Å². The fourth-order valence-corrected chi connectivity index (χ4v) is 4.43. The summed E-state index contributed by atoms with van der Waals surface area (Å²) in [5.74, 6) is -2.47. The number of aryl methyl sites for hydroxylation is 2. The molecule has 0 aliphatic carbocycles. The zero-order valence-corrected chi connectivity index (χ0v) is 16.4. The Kier molecular flexibility index (Phi) is 5.45. The lowest BCUT2D eigenvalue weighted by molar-refractivity contribution is -0.149.